The lowest BCUT2D eigenvalue weighted by Crippen LogP contribution is -2.56. The van der Waals surface area contributed by atoms with E-state index in [1.165, 1.54) is 0 Å². The normalized spacial score (nSPS) is 18.0. The van der Waals surface area contributed by atoms with Gasteiger partial charge in [0, 0.05) is 26.8 Å². The summed E-state index contributed by atoms with van der Waals surface area (Å²) in [5.74, 6) is -2.42. The summed E-state index contributed by atoms with van der Waals surface area (Å²) in [6.07, 6.45) is 3.71. The van der Waals surface area contributed by atoms with Crippen molar-refractivity contribution < 1.29 is 24.3 Å². The fourth-order valence-electron chi connectivity index (χ4n) is 2.84. The Morgan fingerprint density at radius 2 is 1.77 bits per heavy atom. The lowest BCUT2D eigenvalue weighted by atomic mass is 9.90. The summed E-state index contributed by atoms with van der Waals surface area (Å²) < 4.78 is 0. The van der Waals surface area contributed by atoms with Crippen LogP contribution in [-0.2, 0) is 19.2 Å². The molecule has 4 N–H and O–H groups in total. The largest absolute Gasteiger partial charge is 0.480 e. The fraction of sp³-hybridized carbons (Fsp3) is 0.647. The molecular weight excluding hydrogens is 354 g/mol. The van der Waals surface area contributed by atoms with Crippen LogP contribution in [0.25, 0.3) is 0 Å². The summed E-state index contributed by atoms with van der Waals surface area (Å²) in [6.45, 7) is 8.21. The number of hydrogen-bond donors (Lipinski definition) is 3. The molecule has 0 saturated carbocycles. The van der Waals surface area contributed by atoms with Gasteiger partial charge in [-0.1, -0.05) is 26.6 Å². The fourth-order valence-corrected chi connectivity index (χ4v) is 4.65. The smallest absolute Gasteiger partial charge is 0.323 e. The van der Waals surface area contributed by atoms with Gasteiger partial charge in [-0.2, -0.15) is 0 Å². The van der Waals surface area contributed by atoms with E-state index >= 15 is 0 Å². The van der Waals surface area contributed by atoms with Crippen LogP contribution in [0.4, 0.5) is 0 Å². The number of amides is 3. The van der Waals surface area contributed by atoms with Crippen molar-refractivity contribution in [1.82, 2.24) is 10.2 Å². The van der Waals surface area contributed by atoms with E-state index < -0.39 is 37.3 Å². The molecule has 8 nitrogen and oxygen atoms in total. The maximum absolute atomic E-state index is 11.8. The Balaban J connectivity index is 2.40. The van der Waals surface area contributed by atoms with Crippen molar-refractivity contribution in [2.45, 2.75) is 56.9 Å². The van der Waals surface area contributed by atoms with Crippen LogP contribution in [0.5, 0.6) is 0 Å². The van der Waals surface area contributed by atoms with Crippen LogP contribution in [0.15, 0.2) is 12.2 Å². The Bertz CT molecular complexity index is 596. The van der Waals surface area contributed by atoms with Gasteiger partial charge < -0.3 is 16.2 Å². The zero-order chi connectivity index (χ0) is 20.1. The van der Waals surface area contributed by atoms with Crippen molar-refractivity contribution in [1.29, 1.82) is 0 Å². The van der Waals surface area contributed by atoms with E-state index in [0.717, 1.165) is 17.1 Å². The van der Waals surface area contributed by atoms with E-state index in [9.17, 15) is 24.3 Å². The van der Waals surface area contributed by atoms with E-state index in [1.807, 2.05) is 6.92 Å². The standard InChI is InChI=1S/C17H29N3O5Si/c1-12(26(2,3)4)17(18,16(24)25)9-5-6-10-19-13(21)11-20-14(22)7-8-15(20)23/h7-8,12H,5-6,9-11,18H2,1-4H3,(H,19,21)(H,24,25)/t12?,17-/m0/s1. The molecule has 1 aliphatic rings. The van der Waals surface area contributed by atoms with Crippen molar-refractivity contribution in [2.24, 2.45) is 5.73 Å². The molecular formula is C17H29N3O5Si. The zero-order valence-corrected chi connectivity index (χ0v) is 16.9. The predicted octanol–water partition coefficient (Wildman–Crippen LogP) is 0.708. The first-order valence-electron chi connectivity index (χ1n) is 8.72. The van der Waals surface area contributed by atoms with E-state index in [0.29, 0.717) is 25.8 Å². The maximum atomic E-state index is 11.8. The summed E-state index contributed by atoms with van der Waals surface area (Å²) in [6, 6.07) is 0. The van der Waals surface area contributed by atoms with Gasteiger partial charge in [0.25, 0.3) is 11.8 Å². The Labute approximate surface area is 154 Å². The maximum Gasteiger partial charge on any atom is 0.323 e. The number of carbonyl (C=O) groups is 4. The van der Waals surface area contributed by atoms with Crippen LogP contribution in [0.1, 0.15) is 26.2 Å². The Morgan fingerprint density at radius 1 is 1.23 bits per heavy atom. The highest BCUT2D eigenvalue weighted by Crippen LogP contribution is 2.34. The molecule has 1 heterocycles. The molecule has 0 aromatic rings. The number of carboxylic acid groups (broad SMARTS) is 1. The van der Waals surface area contributed by atoms with Gasteiger partial charge in [0.2, 0.25) is 5.91 Å². The second kappa shape index (κ2) is 8.59. The van der Waals surface area contributed by atoms with Gasteiger partial charge >= 0.3 is 5.97 Å². The van der Waals surface area contributed by atoms with E-state index in [2.05, 4.69) is 25.0 Å². The van der Waals surface area contributed by atoms with Crippen LogP contribution in [-0.4, -0.2) is 60.4 Å². The molecule has 2 atom stereocenters. The molecule has 0 bridgehead atoms. The minimum Gasteiger partial charge on any atom is -0.480 e. The Hall–Kier alpha value is -2.00. The van der Waals surface area contributed by atoms with Crippen molar-refractivity contribution in [2.75, 3.05) is 13.1 Å². The van der Waals surface area contributed by atoms with Crippen LogP contribution < -0.4 is 11.1 Å². The second-order valence-electron chi connectivity index (χ2n) is 7.84. The Morgan fingerprint density at radius 3 is 2.23 bits per heavy atom. The van der Waals surface area contributed by atoms with Crippen LogP contribution in [0.3, 0.4) is 0 Å². The van der Waals surface area contributed by atoms with Gasteiger partial charge in [-0.3, -0.25) is 24.1 Å². The van der Waals surface area contributed by atoms with E-state index in [4.69, 9.17) is 5.73 Å². The minimum atomic E-state index is -1.73. The van der Waals surface area contributed by atoms with Gasteiger partial charge in [0.1, 0.15) is 12.1 Å². The molecule has 146 valence electrons. The molecule has 0 spiro atoms. The van der Waals surface area contributed by atoms with E-state index in [-0.39, 0.29) is 12.1 Å². The highest BCUT2D eigenvalue weighted by molar-refractivity contribution is 6.78. The highest BCUT2D eigenvalue weighted by atomic mass is 28.3. The number of nitrogens with one attached hydrogen (secondary N) is 1. The molecule has 0 aromatic carbocycles. The number of nitrogens with two attached hydrogens (primary N) is 1. The molecule has 1 unspecified atom stereocenters. The summed E-state index contributed by atoms with van der Waals surface area (Å²) in [5, 5.41) is 12.2. The van der Waals surface area contributed by atoms with Gasteiger partial charge in [0.15, 0.2) is 0 Å². The van der Waals surface area contributed by atoms with Crippen molar-refractivity contribution in [3.8, 4) is 0 Å². The summed E-state index contributed by atoms with van der Waals surface area (Å²) in [7, 11) is -1.73. The molecule has 0 aromatic heterocycles. The lowest BCUT2D eigenvalue weighted by Gasteiger charge is -2.38. The molecule has 1 aliphatic heterocycles. The third-order valence-electron chi connectivity index (χ3n) is 5.01. The number of unbranched alkanes of at least 4 members (excludes halogenated alkanes) is 1. The number of hydrogen-bond acceptors (Lipinski definition) is 5. The number of imide groups is 1. The zero-order valence-electron chi connectivity index (χ0n) is 15.9. The van der Waals surface area contributed by atoms with Crippen LogP contribution >= 0.6 is 0 Å². The van der Waals surface area contributed by atoms with Crippen molar-refractivity contribution in [3.63, 3.8) is 0 Å². The average molecular weight is 384 g/mol. The van der Waals surface area contributed by atoms with E-state index in [1.54, 1.807) is 0 Å². The van der Waals surface area contributed by atoms with Gasteiger partial charge in [-0.25, -0.2) is 0 Å². The number of carboxylic acids is 1. The monoisotopic (exact) mass is 383 g/mol. The van der Waals surface area contributed by atoms with Gasteiger partial charge in [-0.05, 0) is 24.8 Å². The number of aliphatic carboxylic acids is 1. The Kier molecular flexibility index (Phi) is 7.28. The SMILES string of the molecule is CC([C@@](N)(CCCCNC(=O)CN1C(=O)C=CC1=O)C(=O)O)[Si](C)(C)C. The van der Waals surface area contributed by atoms with Gasteiger partial charge in [-0.15, -0.1) is 0 Å². The van der Waals surface area contributed by atoms with Crippen molar-refractivity contribution >= 4 is 31.8 Å². The number of rotatable bonds is 10. The summed E-state index contributed by atoms with van der Waals surface area (Å²) >= 11 is 0. The molecule has 9 heteroatoms. The lowest BCUT2D eigenvalue weighted by molar-refractivity contribution is -0.144. The molecule has 3 amide bonds. The first-order chi connectivity index (χ1) is 11.9. The van der Waals surface area contributed by atoms with Crippen LogP contribution in [0, 0.1) is 0 Å². The topological polar surface area (TPSA) is 130 Å². The summed E-state index contributed by atoms with van der Waals surface area (Å²) in [4.78, 5) is 47.1. The van der Waals surface area contributed by atoms with Crippen molar-refractivity contribution in [3.05, 3.63) is 12.2 Å². The first-order valence-corrected chi connectivity index (χ1v) is 12.3. The quantitative estimate of drug-likeness (QED) is 0.289. The molecule has 0 radical (unpaired) electrons. The highest BCUT2D eigenvalue weighted by Gasteiger charge is 2.45. The van der Waals surface area contributed by atoms with Crippen LogP contribution in [0.2, 0.25) is 25.2 Å². The number of carbonyl (C=O) groups excluding carboxylic acids is 3. The molecule has 0 aliphatic carbocycles. The third kappa shape index (κ3) is 5.50. The van der Waals surface area contributed by atoms with Gasteiger partial charge in [0.05, 0.1) is 0 Å². The predicted molar refractivity (Wildman–Crippen MR) is 100 cm³/mol. The minimum absolute atomic E-state index is 0.0956. The molecule has 26 heavy (non-hydrogen) atoms. The third-order valence-corrected chi connectivity index (χ3v) is 8.12. The number of nitrogens with zero attached hydrogens (tertiary/aromatic N) is 1. The summed E-state index contributed by atoms with van der Waals surface area (Å²) in [5.41, 5.74) is 4.85. The first kappa shape index (κ1) is 22.0. The second-order valence-corrected chi connectivity index (χ2v) is 13.4. The average Bonchev–Trinajstić information content (AvgIpc) is 2.84. The molecule has 0 fully saturated rings. The molecule has 0 saturated heterocycles. The molecule has 1 rings (SSSR count).